The Morgan fingerprint density at radius 1 is 1.45 bits per heavy atom. The number of terminal acetylenes is 1. The number of nitrogens with one attached hydrogen (secondary N) is 1. The summed E-state index contributed by atoms with van der Waals surface area (Å²) >= 11 is 0. The van der Waals surface area contributed by atoms with Crippen LogP contribution in [0.2, 0.25) is 0 Å². The highest BCUT2D eigenvalue weighted by molar-refractivity contribution is 7.89. The molecule has 0 atom stereocenters. The van der Waals surface area contributed by atoms with E-state index in [2.05, 4.69) is 10.6 Å². The Morgan fingerprint density at radius 2 is 2.05 bits per heavy atom. The maximum absolute atomic E-state index is 12.2. The fourth-order valence-corrected chi connectivity index (χ4v) is 3.02. The molecule has 108 valence electrons. The van der Waals surface area contributed by atoms with Gasteiger partial charge < -0.3 is 5.11 Å². The molecule has 0 saturated heterocycles. The number of hydrogen-bond donors (Lipinski definition) is 2. The zero-order chi connectivity index (χ0) is 15.6. The summed E-state index contributed by atoms with van der Waals surface area (Å²) in [5.41, 5.74) is -0.493. The summed E-state index contributed by atoms with van der Waals surface area (Å²) in [6.07, 6.45) is 5.75. The van der Waals surface area contributed by atoms with E-state index in [0.717, 1.165) is 6.07 Å². The lowest BCUT2D eigenvalue weighted by atomic mass is 10.1. The zero-order valence-electron chi connectivity index (χ0n) is 11.6. The van der Waals surface area contributed by atoms with Crippen molar-refractivity contribution in [2.75, 3.05) is 0 Å². The van der Waals surface area contributed by atoms with Gasteiger partial charge in [0.05, 0.1) is 16.0 Å². The number of hydrogen-bond acceptors (Lipinski definition) is 3. The Hall–Kier alpha value is -1.84. The standard InChI is InChI=1S/C14H17NO4S/c1-5-10-7-8-11(9-12(10)13(16)17)20(18,19)15-14(3,4)6-2/h2,7-9,15H,5H2,1,3-4H3,(H,16,17). The summed E-state index contributed by atoms with van der Waals surface area (Å²) in [4.78, 5) is 11.0. The van der Waals surface area contributed by atoms with Crippen LogP contribution in [0.3, 0.4) is 0 Å². The lowest BCUT2D eigenvalue weighted by Crippen LogP contribution is -2.42. The smallest absolute Gasteiger partial charge is 0.336 e. The van der Waals surface area contributed by atoms with Crippen molar-refractivity contribution in [3.05, 3.63) is 29.3 Å². The highest BCUT2D eigenvalue weighted by Gasteiger charge is 2.25. The first-order valence-electron chi connectivity index (χ1n) is 6.01. The number of carboxylic acids is 1. The molecule has 0 radical (unpaired) electrons. The van der Waals surface area contributed by atoms with Crippen molar-refractivity contribution in [1.29, 1.82) is 0 Å². The number of rotatable bonds is 5. The fraction of sp³-hybridized carbons (Fsp3) is 0.357. The summed E-state index contributed by atoms with van der Waals surface area (Å²) in [6, 6.07) is 4.02. The predicted octanol–water partition coefficient (Wildman–Crippen LogP) is 1.64. The number of aryl methyl sites for hydroxylation is 1. The molecule has 0 spiro atoms. The Balaban J connectivity index is 3.31. The van der Waals surface area contributed by atoms with Gasteiger partial charge in [-0.15, -0.1) is 6.42 Å². The third kappa shape index (κ3) is 3.59. The topological polar surface area (TPSA) is 83.5 Å². The van der Waals surface area contributed by atoms with E-state index >= 15 is 0 Å². The maximum Gasteiger partial charge on any atom is 0.336 e. The lowest BCUT2D eigenvalue weighted by Gasteiger charge is -2.19. The SMILES string of the molecule is C#CC(C)(C)NS(=O)(=O)c1ccc(CC)c(C(=O)O)c1. The second-order valence-electron chi connectivity index (χ2n) is 4.85. The first-order chi connectivity index (χ1) is 9.13. The Bertz CT molecular complexity index is 669. The first-order valence-corrected chi connectivity index (χ1v) is 7.49. The Kier molecular flexibility index (Phi) is 4.58. The van der Waals surface area contributed by atoms with E-state index < -0.39 is 21.5 Å². The summed E-state index contributed by atoms with van der Waals surface area (Å²) in [7, 11) is -3.87. The molecule has 0 heterocycles. The van der Waals surface area contributed by atoms with E-state index in [1.807, 2.05) is 0 Å². The van der Waals surface area contributed by atoms with Crippen LogP contribution in [0.5, 0.6) is 0 Å². The van der Waals surface area contributed by atoms with Gasteiger partial charge >= 0.3 is 5.97 Å². The molecule has 1 aromatic carbocycles. The first kappa shape index (κ1) is 16.2. The molecular weight excluding hydrogens is 278 g/mol. The van der Waals surface area contributed by atoms with Gasteiger partial charge in [0.2, 0.25) is 10.0 Å². The molecule has 0 amide bonds. The van der Waals surface area contributed by atoms with Crippen molar-refractivity contribution in [2.24, 2.45) is 0 Å². The molecule has 0 unspecified atom stereocenters. The zero-order valence-corrected chi connectivity index (χ0v) is 12.4. The molecule has 0 aliphatic heterocycles. The van der Waals surface area contributed by atoms with Crippen LogP contribution in [-0.2, 0) is 16.4 Å². The van der Waals surface area contributed by atoms with Crippen molar-refractivity contribution in [3.63, 3.8) is 0 Å². The molecule has 5 nitrogen and oxygen atoms in total. The van der Waals surface area contributed by atoms with Gasteiger partial charge in [0.15, 0.2) is 0 Å². The fourth-order valence-electron chi connectivity index (χ4n) is 1.65. The maximum atomic E-state index is 12.2. The van der Waals surface area contributed by atoms with Gasteiger partial charge in [0.1, 0.15) is 0 Å². The Morgan fingerprint density at radius 3 is 2.50 bits per heavy atom. The van der Waals surface area contributed by atoms with Crippen molar-refractivity contribution in [3.8, 4) is 12.3 Å². The molecule has 1 aromatic rings. The average molecular weight is 295 g/mol. The van der Waals surface area contributed by atoms with E-state index in [4.69, 9.17) is 11.5 Å². The number of carboxylic acid groups (broad SMARTS) is 1. The molecule has 0 bridgehead atoms. The van der Waals surface area contributed by atoms with Gasteiger partial charge in [-0.3, -0.25) is 0 Å². The number of benzene rings is 1. The average Bonchev–Trinajstić information content (AvgIpc) is 2.36. The van der Waals surface area contributed by atoms with Crippen molar-refractivity contribution >= 4 is 16.0 Å². The van der Waals surface area contributed by atoms with Crippen molar-refractivity contribution < 1.29 is 18.3 Å². The molecule has 0 aliphatic rings. The molecule has 0 aliphatic carbocycles. The highest BCUT2D eigenvalue weighted by atomic mass is 32.2. The molecule has 6 heteroatoms. The minimum absolute atomic E-state index is 0.0195. The van der Waals surface area contributed by atoms with Crippen molar-refractivity contribution in [2.45, 2.75) is 37.6 Å². The largest absolute Gasteiger partial charge is 0.478 e. The second-order valence-corrected chi connectivity index (χ2v) is 6.53. The van der Waals surface area contributed by atoms with Crippen LogP contribution in [0.1, 0.15) is 36.7 Å². The predicted molar refractivity (Wildman–Crippen MR) is 76.0 cm³/mol. The lowest BCUT2D eigenvalue weighted by molar-refractivity contribution is 0.0695. The highest BCUT2D eigenvalue weighted by Crippen LogP contribution is 2.18. The number of sulfonamides is 1. The summed E-state index contributed by atoms with van der Waals surface area (Å²) in [5, 5.41) is 9.12. The molecule has 0 aromatic heterocycles. The van der Waals surface area contributed by atoms with E-state index in [-0.39, 0.29) is 10.5 Å². The third-order valence-electron chi connectivity index (χ3n) is 2.75. The molecule has 0 fully saturated rings. The summed E-state index contributed by atoms with van der Waals surface area (Å²) < 4.78 is 26.7. The number of carbonyl (C=O) groups is 1. The molecule has 2 N–H and O–H groups in total. The van der Waals surface area contributed by atoms with Gasteiger partial charge in [-0.05, 0) is 38.0 Å². The normalized spacial score (nSPS) is 11.9. The van der Waals surface area contributed by atoms with Gasteiger partial charge in [-0.25, -0.2) is 13.2 Å². The van der Waals surface area contributed by atoms with Crippen LogP contribution >= 0.6 is 0 Å². The Labute approximate surface area is 119 Å². The minimum atomic E-state index is -3.87. The van der Waals surface area contributed by atoms with E-state index in [9.17, 15) is 13.2 Å². The molecule has 20 heavy (non-hydrogen) atoms. The monoisotopic (exact) mass is 295 g/mol. The minimum Gasteiger partial charge on any atom is -0.478 e. The van der Waals surface area contributed by atoms with Crippen LogP contribution < -0.4 is 4.72 Å². The van der Waals surface area contributed by atoms with Crippen LogP contribution in [0.25, 0.3) is 0 Å². The molecule has 0 saturated carbocycles. The van der Waals surface area contributed by atoms with Crippen molar-refractivity contribution in [1.82, 2.24) is 4.72 Å². The summed E-state index contributed by atoms with van der Waals surface area (Å²) in [6.45, 7) is 4.89. The molecular formula is C14H17NO4S. The van der Waals surface area contributed by atoms with Gasteiger partial charge in [-0.2, -0.15) is 4.72 Å². The molecule has 1 rings (SSSR count). The van der Waals surface area contributed by atoms with Crippen LogP contribution in [-0.4, -0.2) is 25.0 Å². The van der Waals surface area contributed by atoms with Gasteiger partial charge in [0.25, 0.3) is 0 Å². The third-order valence-corrected chi connectivity index (χ3v) is 4.41. The van der Waals surface area contributed by atoms with Crippen LogP contribution in [0.4, 0.5) is 0 Å². The number of aromatic carboxylic acids is 1. The van der Waals surface area contributed by atoms with Crippen LogP contribution in [0, 0.1) is 12.3 Å². The van der Waals surface area contributed by atoms with Crippen LogP contribution in [0.15, 0.2) is 23.1 Å². The van der Waals surface area contributed by atoms with E-state index in [0.29, 0.717) is 12.0 Å². The van der Waals surface area contributed by atoms with Gasteiger partial charge in [0, 0.05) is 0 Å². The quantitative estimate of drug-likeness (QED) is 0.809. The van der Waals surface area contributed by atoms with E-state index in [1.54, 1.807) is 20.8 Å². The second kappa shape index (κ2) is 5.65. The van der Waals surface area contributed by atoms with E-state index in [1.165, 1.54) is 12.1 Å². The summed E-state index contributed by atoms with van der Waals surface area (Å²) in [5.74, 6) is 1.16. The van der Waals surface area contributed by atoms with Gasteiger partial charge in [-0.1, -0.05) is 18.9 Å².